The van der Waals surface area contributed by atoms with Crippen molar-refractivity contribution in [3.63, 3.8) is 0 Å². The van der Waals surface area contributed by atoms with Crippen LogP contribution < -0.4 is 10.6 Å². The molecule has 2 aromatic rings. The SMILES string of the molecule is CN=C(NCc1ccc(C)s1)NCc1ccccc1S(=O)(=O)N(C)C.I. The van der Waals surface area contributed by atoms with E-state index in [1.165, 1.54) is 28.2 Å². The van der Waals surface area contributed by atoms with E-state index in [2.05, 4.69) is 34.7 Å². The van der Waals surface area contributed by atoms with Crippen molar-refractivity contribution in [1.82, 2.24) is 14.9 Å². The molecule has 0 atom stereocenters. The summed E-state index contributed by atoms with van der Waals surface area (Å²) in [5.41, 5.74) is 0.700. The third kappa shape index (κ3) is 5.93. The predicted molar refractivity (Wildman–Crippen MR) is 119 cm³/mol. The minimum atomic E-state index is -3.48. The fourth-order valence-electron chi connectivity index (χ4n) is 2.25. The first-order valence-electron chi connectivity index (χ1n) is 7.85. The highest BCUT2D eigenvalue weighted by Crippen LogP contribution is 2.18. The second-order valence-corrected chi connectivity index (χ2v) is 9.18. The van der Waals surface area contributed by atoms with Crippen molar-refractivity contribution in [3.05, 3.63) is 51.7 Å². The summed E-state index contributed by atoms with van der Waals surface area (Å²) < 4.78 is 26.1. The molecule has 0 aliphatic carbocycles. The fraction of sp³-hybridized carbons (Fsp3) is 0.353. The first-order chi connectivity index (χ1) is 11.8. The van der Waals surface area contributed by atoms with Gasteiger partial charge in [-0.1, -0.05) is 18.2 Å². The second kappa shape index (κ2) is 10.2. The van der Waals surface area contributed by atoms with Crippen molar-refractivity contribution >= 4 is 51.3 Å². The maximum atomic E-state index is 12.4. The number of nitrogens with one attached hydrogen (secondary N) is 2. The first-order valence-corrected chi connectivity index (χ1v) is 10.1. The van der Waals surface area contributed by atoms with Gasteiger partial charge in [-0.3, -0.25) is 4.99 Å². The van der Waals surface area contributed by atoms with Gasteiger partial charge in [-0.25, -0.2) is 12.7 Å². The largest absolute Gasteiger partial charge is 0.352 e. The van der Waals surface area contributed by atoms with Crippen LogP contribution >= 0.6 is 35.3 Å². The summed E-state index contributed by atoms with van der Waals surface area (Å²) in [4.78, 5) is 6.98. The van der Waals surface area contributed by atoms with Crippen molar-refractivity contribution in [1.29, 1.82) is 0 Å². The minimum absolute atomic E-state index is 0. The molecule has 0 spiro atoms. The van der Waals surface area contributed by atoms with Gasteiger partial charge in [0.1, 0.15) is 0 Å². The summed E-state index contributed by atoms with van der Waals surface area (Å²) in [6.07, 6.45) is 0. The Morgan fingerprint density at radius 1 is 1.12 bits per heavy atom. The Labute approximate surface area is 176 Å². The van der Waals surface area contributed by atoms with Crippen LogP contribution in [0.5, 0.6) is 0 Å². The van der Waals surface area contributed by atoms with Crippen molar-refractivity contribution in [2.45, 2.75) is 24.9 Å². The molecule has 0 unspecified atom stereocenters. The lowest BCUT2D eigenvalue weighted by atomic mass is 10.2. The van der Waals surface area contributed by atoms with Gasteiger partial charge in [0.25, 0.3) is 0 Å². The molecule has 0 aliphatic heterocycles. The molecule has 0 fully saturated rings. The fourth-order valence-corrected chi connectivity index (χ4v) is 4.19. The normalized spacial score (nSPS) is 12.0. The zero-order chi connectivity index (χ0) is 18.4. The molecule has 0 amide bonds. The lowest BCUT2D eigenvalue weighted by Gasteiger charge is -2.16. The number of halogens is 1. The van der Waals surface area contributed by atoms with E-state index in [1.807, 2.05) is 6.07 Å². The number of hydrogen-bond acceptors (Lipinski definition) is 4. The number of sulfonamides is 1. The van der Waals surface area contributed by atoms with Crippen molar-refractivity contribution in [3.8, 4) is 0 Å². The van der Waals surface area contributed by atoms with Crippen LogP contribution in [-0.2, 0) is 23.1 Å². The number of benzene rings is 1. The molecule has 0 aliphatic rings. The Bertz CT molecular complexity index is 848. The molecule has 0 bridgehead atoms. The van der Waals surface area contributed by atoms with E-state index >= 15 is 0 Å². The summed E-state index contributed by atoms with van der Waals surface area (Å²) in [7, 11) is 1.27. The number of aliphatic imine (C=N–C) groups is 1. The van der Waals surface area contributed by atoms with E-state index in [1.54, 1.807) is 36.6 Å². The monoisotopic (exact) mass is 508 g/mol. The standard InChI is InChI=1S/C17H24N4O2S2.HI/c1-13-9-10-15(24-13)12-20-17(18-2)19-11-14-7-5-6-8-16(14)25(22,23)21(3)4;/h5-10H,11-12H2,1-4H3,(H2,18,19,20);1H. The third-order valence-electron chi connectivity index (χ3n) is 3.63. The average molecular weight is 508 g/mol. The third-order valence-corrected chi connectivity index (χ3v) is 6.54. The van der Waals surface area contributed by atoms with Crippen LogP contribution in [0.15, 0.2) is 46.3 Å². The van der Waals surface area contributed by atoms with E-state index in [0.717, 1.165) is 0 Å². The molecule has 9 heteroatoms. The summed E-state index contributed by atoms with van der Waals surface area (Å²) in [5, 5.41) is 6.41. The second-order valence-electron chi connectivity index (χ2n) is 5.69. The van der Waals surface area contributed by atoms with Crippen LogP contribution in [0.4, 0.5) is 0 Å². The van der Waals surface area contributed by atoms with E-state index in [0.29, 0.717) is 29.5 Å². The van der Waals surface area contributed by atoms with Crippen LogP contribution in [0.3, 0.4) is 0 Å². The lowest BCUT2D eigenvalue weighted by molar-refractivity contribution is 0.519. The molecule has 6 nitrogen and oxygen atoms in total. The van der Waals surface area contributed by atoms with Crippen molar-refractivity contribution in [2.24, 2.45) is 4.99 Å². The van der Waals surface area contributed by atoms with Gasteiger partial charge in [0.15, 0.2) is 5.96 Å². The number of guanidine groups is 1. The van der Waals surface area contributed by atoms with Gasteiger partial charge in [0.2, 0.25) is 10.0 Å². The van der Waals surface area contributed by atoms with E-state index in [9.17, 15) is 8.42 Å². The van der Waals surface area contributed by atoms with Crippen LogP contribution in [0.1, 0.15) is 15.3 Å². The summed E-state index contributed by atoms with van der Waals surface area (Å²) in [5.74, 6) is 0.628. The van der Waals surface area contributed by atoms with Gasteiger partial charge in [-0.2, -0.15) is 0 Å². The maximum absolute atomic E-state index is 12.4. The van der Waals surface area contributed by atoms with Gasteiger partial charge >= 0.3 is 0 Å². The topological polar surface area (TPSA) is 73.8 Å². The molecule has 2 rings (SSSR count). The Kier molecular flexibility index (Phi) is 9.01. The number of nitrogens with zero attached hydrogens (tertiary/aromatic N) is 2. The van der Waals surface area contributed by atoms with Crippen molar-refractivity contribution < 1.29 is 8.42 Å². The molecular formula is C17H25IN4O2S2. The lowest BCUT2D eigenvalue weighted by Crippen LogP contribution is -2.36. The van der Waals surface area contributed by atoms with Crippen LogP contribution in [0.2, 0.25) is 0 Å². The number of rotatable bonds is 6. The zero-order valence-electron chi connectivity index (χ0n) is 15.3. The predicted octanol–water partition coefficient (Wildman–Crippen LogP) is 2.79. The summed E-state index contributed by atoms with van der Waals surface area (Å²) in [6, 6.07) is 11.2. The van der Waals surface area contributed by atoms with Gasteiger partial charge < -0.3 is 10.6 Å². The first kappa shape index (κ1) is 22.9. The zero-order valence-corrected chi connectivity index (χ0v) is 19.3. The molecule has 26 heavy (non-hydrogen) atoms. The number of aryl methyl sites for hydroxylation is 1. The van der Waals surface area contributed by atoms with Gasteiger partial charge in [-0.15, -0.1) is 35.3 Å². The van der Waals surface area contributed by atoms with E-state index in [-0.39, 0.29) is 24.0 Å². The molecule has 1 heterocycles. The van der Waals surface area contributed by atoms with Gasteiger partial charge in [0.05, 0.1) is 11.4 Å². The molecule has 0 saturated heterocycles. The number of thiophene rings is 1. The Hall–Kier alpha value is -1.17. The summed E-state index contributed by atoms with van der Waals surface area (Å²) in [6.45, 7) is 3.12. The molecule has 1 aromatic carbocycles. The minimum Gasteiger partial charge on any atom is -0.352 e. The highest BCUT2D eigenvalue weighted by atomic mass is 127. The van der Waals surface area contributed by atoms with Crippen LogP contribution in [0.25, 0.3) is 0 Å². The smallest absolute Gasteiger partial charge is 0.242 e. The Morgan fingerprint density at radius 2 is 1.77 bits per heavy atom. The maximum Gasteiger partial charge on any atom is 0.242 e. The molecular weight excluding hydrogens is 483 g/mol. The average Bonchev–Trinajstić information content (AvgIpc) is 3.00. The molecule has 2 N–H and O–H groups in total. The van der Waals surface area contributed by atoms with Crippen molar-refractivity contribution in [2.75, 3.05) is 21.1 Å². The molecule has 0 saturated carbocycles. The Morgan fingerprint density at radius 3 is 2.35 bits per heavy atom. The Balaban J connectivity index is 0.00000338. The van der Waals surface area contributed by atoms with E-state index < -0.39 is 10.0 Å². The highest BCUT2D eigenvalue weighted by molar-refractivity contribution is 14.0. The van der Waals surface area contributed by atoms with Crippen LogP contribution in [-0.4, -0.2) is 39.8 Å². The molecule has 0 radical (unpaired) electrons. The quantitative estimate of drug-likeness (QED) is 0.358. The molecule has 144 valence electrons. The number of hydrogen-bond donors (Lipinski definition) is 2. The van der Waals surface area contributed by atoms with Gasteiger partial charge in [0, 0.05) is 37.4 Å². The molecule has 1 aromatic heterocycles. The van der Waals surface area contributed by atoms with Gasteiger partial charge in [-0.05, 0) is 30.7 Å². The van der Waals surface area contributed by atoms with E-state index in [4.69, 9.17) is 0 Å². The van der Waals surface area contributed by atoms with Crippen LogP contribution in [0, 0.1) is 6.92 Å². The highest BCUT2D eigenvalue weighted by Gasteiger charge is 2.20. The summed E-state index contributed by atoms with van der Waals surface area (Å²) >= 11 is 1.73.